The second-order valence-electron chi connectivity index (χ2n) is 2.64. The van der Waals surface area contributed by atoms with E-state index in [4.69, 9.17) is 10.2 Å². The van der Waals surface area contributed by atoms with Crippen molar-refractivity contribution in [1.29, 1.82) is 0 Å². The normalized spacial score (nSPS) is 12.5. The molecule has 3 N–H and O–H groups in total. The van der Waals surface area contributed by atoms with Gasteiger partial charge in [0.15, 0.2) is 0 Å². The molecular formula is C8H12N2O2. The van der Waals surface area contributed by atoms with Crippen molar-refractivity contribution in [3.63, 3.8) is 0 Å². The maximum Gasteiger partial charge on any atom is 0.236 e. The molecule has 12 heavy (non-hydrogen) atoms. The highest BCUT2D eigenvalue weighted by atomic mass is 16.3. The zero-order chi connectivity index (χ0) is 8.97. The molecule has 4 nitrogen and oxygen atoms in total. The maximum absolute atomic E-state index is 11.0. The highest BCUT2D eigenvalue weighted by Gasteiger charge is 2.05. The van der Waals surface area contributed by atoms with Crippen LogP contribution in [0.5, 0.6) is 0 Å². The molecule has 0 fully saturated rings. The highest BCUT2D eigenvalue weighted by Crippen LogP contribution is 1.98. The average Bonchev–Trinajstić information content (AvgIpc) is 2.51. The van der Waals surface area contributed by atoms with Gasteiger partial charge in [0, 0.05) is 12.1 Å². The number of carbonyl (C=O) groups excluding carboxylic acids is 1. The maximum atomic E-state index is 11.0. The van der Waals surface area contributed by atoms with E-state index in [1.165, 1.54) is 0 Å². The number of carbonyl (C=O) groups is 1. The Morgan fingerprint density at radius 2 is 2.58 bits per heavy atom. The largest absolute Gasteiger partial charge is 0.472 e. The summed E-state index contributed by atoms with van der Waals surface area (Å²) < 4.78 is 4.82. The third-order valence-electron chi connectivity index (χ3n) is 1.46. The van der Waals surface area contributed by atoms with E-state index in [0.29, 0.717) is 6.54 Å². The minimum Gasteiger partial charge on any atom is -0.472 e. The lowest BCUT2D eigenvalue weighted by molar-refractivity contribution is -0.122. The molecule has 0 aliphatic heterocycles. The predicted octanol–water partition coefficient (Wildman–Crippen LogP) is 0.243. The fourth-order valence-corrected chi connectivity index (χ4v) is 0.743. The van der Waals surface area contributed by atoms with Crippen molar-refractivity contribution >= 4 is 5.91 Å². The van der Waals surface area contributed by atoms with Gasteiger partial charge in [-0.1, -0.05) is 0 Å². The number of hydrogen-bond acceptors (Lipinski definition) is 3. The van der Waals surface area contributed by atoms with E-state index < -0.39 is 6.04 Å². The summed E-state index contributed by atoms with van der Waals surface area (Å²) in [6.07, 6.45) is 3.15. The Bertz CT molecular complexity index is 242. The third-order valence-corrected chi connectivity index (χ3v) is 1.46. The van der Waals surface area contributed by atoms with E-state index in [1.807, 2.05) is 0 Å². The molecule has 0 saturated heterocycles. The highest BCUT2D eigenvalue weighted by molar-refractivity contribution is 5.80. The molecule has 0 radical (unpaired) electrons. The van der Waals surface area contributed by atoms with Gasteiger partial charge in [0.05, 0.1) is 18.6 Å². The second kappa shape index (κ2) is 3.92. The van der Waals surface area contributed by atoms with Crippen molar-refractivity contribution in [3.8, 4) is 0 Å². The van der Waals surface area contributed by atoms with Gasteiger partial charge in [-0.25, -0.2) is 0 Å². The summed E-state index contributed by atoms with van der Waals surface area (Å²) in [6.45, 7) is 2.11. The topological polar surface area (TPSA) is 68.3 Å². The van der Waals surface area contributed by atoms with Gasteiger partial charge in [0.1, 0.15) is 0 Å². The van der Waals surface area contributed by atoms with Gasteiger partial charge in [-0.2, -0.15) is 0 Å². The molecule has 0 spiro atoms. The van der Waals surface area contributed by atoms with Crippen LogP contribution in [0.2, 0.25) is 0 Å². The van der Waals surface area contributed by atoms with E-state index in [0.717, 1.165) is 5.56 Å². The molecule has 0 aliphatic rings. The van der Waals surface area contributed by atoms with Crippen LogP contribution in [-0.4, -0.2) is 11.9 Å². The van der Waals surface area contributed by atoms with Crippen molar-refractivity contribution < 1.29 is 9.21 Å². The molecule has 0 bridgehead atoms. The number of hydrogen-bond donors (Lipinski definition) is 2. The zero-order valence-corrected chi connectivity index (χ0v) is 6.91. The molecule has 1 aromatic heterocycles. The quantitative estimate of drug-likeness (QED) is 0.679. The molecule has 0 aliphatic carbocycles. The van der Waals surface area contributed by atoms with Crippen molar-refractivity contribution in [3.05, 3.63) is 24.2 Å². The molecular weight excluding hydrogens is 156 g/mol. The molecule has 66 valence electrons. The lowest BCUT2D eigenvalue weighted by Crippen LogP contribution is -2.37. The summed E-state index contributed by atoms with van der Waals surface area (Å²) in [5, 5.41) is 2.66. The van der Waals surface area contributed by atoms with Gasteiger partial charge in [-0.15, -0.1) is 0 Å². The number of rotatable bonds is 3. The molecule has 1 amide bonds. The predicted molar refractivity (Wildman–Crippen MR) is 44.2 cm³/mol. The van der Waals surface area contributed by atoms with Crippen LogP contribution >= 0.6 is 0 Å². The smallest absolute Gasteiger partial charge is 0.236 e. The van der Waals surface area contributed by atoms with Crippen LogP contribution in [-0.2, 0) is 11.3 Å². The minimum absolute atomic E-state index is 0.156. The Hall–Kier alpha value is -1.29. The minimum atomic E-state index is -0.461. The van der Waals surface area contributed by atoms with E-state index in [9.17, 15) is 4.79 Å². The molecule has 0 unspecified atom stereocenters. The first kappa shape index (κ1) is 8.80. The lowest BCUT2D eigenvalue weighted by atomic mass is 10.3. The van der Waals surface area contributed by atoms with Crippen molar-refractivity contribution in [2.24, 2.45) is 5.73 Å². The second-order valence-corrected chi connectivity index (χ2v) is 2.64. The third kappa shape index (κ3) is 2.39. The molecule has 1 aromatic rings. The zero-order valence-electron chi connectivity index (χ0n) is 6.91. The van der Waals surface area contributed by atoms with E-state index in [2.05, 4.69) is 5.32 Å². The Morgan fingerprint density at radius 1 is 1.83 bits per heavy atom. The first-order chi connectivity index (χ1) is 5.70. The Labute approximate surface area is 70.7 Å². The summed E-state index contributed by atoms with van der Waals surface area (Å²) in [6, 6.07) is 1.33. The first-order valence-electron chi connectivity index (χ1n) is 3.74. The molecule has 1 heterocycles. The standard InChI is InChI=1S/C8H12N2O2/c1-6(9)8(11)10-4-7-2-3-12-5-7/h2-3,5-6H,4,9H2,1H3,(H,10,11)/t6-/m1/s1. The summed E-state index contributed by atoms with van der Waals surface area (Å²) in [7, 11) is 0. The van der Waals surface area contributed by atoms with Gasteiger partial charge in [-0.05, 0) is 13.0 Å². The van der Waals surface area contributed by atoms with Gasteiger partial charge in [0.2, 0.25) is 5.91 Å². The summed E-state index contributed by atoms with van der Waals surface area (Å²) in [5.74, 6) is -0.156. The van der Waals surface area contributed by atoms with Gasteiger partial charge in [0.25, 0.3) is 0 Å². The van der Waals surface area contributed by atoms with Crippen LogP contribution in [0.4, 0.5) is 0 Å². The lowest BCUT2D eigenvalue weighted by Gasteiger charge is -2.05. The van der Waals surface area contributed by atoms with E-state index in [1.54, 1.807) is 25.5 Å². The number of nitrogens with two attached hydrogens (primary N) is 1. The van der Waals surface area contributed by atoms with Gasteiger partial charge in [-0.3, -0.25) is 4.79 Å². The molecule has 1 atom stereocenters. The summed E-state index contributed by atoms with van der Waals surface area (Å²) >= 11 is 0. The van der Waals surface area contributed by atoms with Gasteiger partial charge < -0.3 is 15.5 Å². The summed E-state index contributed by atoms with van der Waals surface area (Å²) in [5.41, 5.74) is 6.27. The number of amides is 1. The molecule has 1 rings (SSSR count). The molecule has 0 aromatic carbocycles. The number of furan rings is 1. The fraction of sp³-hybridized carbons (Fsp3) is 0.375. The Kier molecular flexibility index (Phi) is 2.88. The monoisotopic (exact) mass is 168 g/mol. The van der Waals surface area contributed by atoms with Gasteiger partial charge >= 0.3 is 0 Å². The van der Waals surface area contributed by atoms with Crippen LogP contribution in [0.15, 0.2) is 23.0 Å². The average molecular weight is 168 g/mol. The van der Waals surface area contributed by atoms with Crippen LogP contribution in [0.1, 0.15) is 12.5 Å². The van der Waals surface area contributed by atoms with E-state index >= 15 is 0 Å². The first-order valence-corrected chi connectivity index (χ1v) is 3.74. The van der Waals surface area contributed by atoms with Crippen LogP contribution in [0.3, 0.4) is 0 Å². The van der Waals surface area contributed by atoms with Crippen LogP contribution in [0.25, 0.3) is 0 Å². The Morgan fingerprint density at radius 3 is 3.08 bits per heavy atom. The van der Waals surface area contributed by atoms with E-state index in [-0.39, 0.29) is 5.91 Å². The van der Waals surface area contributed by atoms with Crippen molar-refractivity contribution in [2.45, 2.75) is 19.5 Å². The Balaban J connectivity index is 2.32. The molecule has 0 saturated carbocycles. The fourth-order valence-electron chi connectivity index (χ4n) is 0.743. The number of nitrogens with one attached hydrogen (secondary N) is 1. The van der Waals surface area contributed by atoms with Crippen LogP contribution < -0.4 is 11.1 Å². The van der Waals surface area contributed by atoms with Crippen LogP contribution in [0, 0.1) is 0 Å². The van der Waals surface area contributed by atoms with Crippen molar-refractivity contribution in [1.82, 2.24) is 5.32 Å². The van der Waals surface area contributed by atoms with Crippen molar-refractivity contribution in [2.75, 3.05) is 0 Å². The SMILES string of the molecule is C[C@@H](N)C(=O)NCc1ccoc1. The summed E-state index contributed by atoms with van der Waals surface area (Å²) in [4.78, 5) is 11.0. The molecule has 4 heteroatoms.